The van der Waals surface area contributed by atoms with Crippen molar-refractivity contribution >= 4 is 29.3 Å². The van der Waals surface area contributed by atoms with Crippen LogP contribution in [0.15, 0.2) is 48.5 Å². The summed E-state index contributed by atoms with van der Waals surface area (Å²) in [5.74, 6) is -1.44. The van der Waals surface area contributed by atoms with E-state index >= 15 is 0 Å². The fourth-order valence-corrected chi connectivity index (χ4v) is 5.10. The molecule has 40 heavy (non-hydrogen) atoms. The zero-order valence-corrected chi connectivity index (χ0v) is 22.8. The summed E-state index contributed by atoms with van der Waals surface area (Å²) in [6.45, 7) is 4.74. The van der Waals surface area contributed by atoms with Crippen molar-refractivity contribution in [3.05, 3.63) is 54.1 Å². The van der Waals surface area contributed by atoms with E-state index < -0.39 is 24.0 Å². The van der Waals surface area contributed by atoms with Crippen LogP contribution in [0.4, 0.5) is 5.69 Å². The summed E-state index contributed by atoms with van der Waals surface area (Å²) in [6, 6.07) is 13.6. The molecule has 4 rings (SSSR count). The van der Waals surface area contributed by atoms with Crippen molar-refractivity contribution in [2.45, 2.75) is 63.8 Å². The van der Waals surface area contributed by atoms with E-state index in [9.17, 15) is 24.3 Å². The molecule has 1 saturated carbocycles. The van der Waals surface area contributed by atoms with Crippen molar-refractivity contribution in [1.82, 2.24) is 20.6 Å². The van der Waals surface area contributed by atoms with Gasteiger partial charge in [0.2, 0.25) is 11.8 Å². The molecule has 2 aromatic carbocycles. The van der Waals surface area contributed by atoms with Gasteiger partial charge < -0.3 is 20.6 Å². The van der Waals surface area contributed by atoms with Crippen LogP contribution in [0.25, 0.3) is 11.1 Å². The smallest absolute Gasteiger partial charge is 0.268 e. The molecule has 4 amide bonds. The second-order valence-corrected chi connectivity index (χ2v) is 10.5. The first-order chi connectivity index (χ1) is 19.2. The SMILES string of the molecule is CC(=O)N1CCC(N(CC(=O)Nc2ccc(-c3ccc(C(=O)N[C@H](C(=O)NO)[C@@H](C)O)cc3)cc2)C2CC2)CC1. The number of aliphatic hydroxyl groups is 1. The van der Waals surface area contributed by atoms with Gasteiger partial charge in [-0.3, -0.25) is 29.3 Å². The van der Waals surface area contributed by atoms with Crippen molar-refractivity contribution in [2.24, 2.45) is 0 Å². The molecule has 1 saturated heterocycles. The Morgan fingerprint density at radius 1 is 0.925 bits per heavy atom. The van der Waals surface area contributed by atoms with Gasteiger partial charge in [-0.1, -0.05) is 24.3 Å². The Hall–Kier alpha value is -3.80. The molecule has 2 aromatic rings. The summed E-state index contributed by atoms with van der Waals surface area (Å²) in [7, 11) is 0. The van der Waals surface area contributed by atoms with Crippen molar-refractivity contribution < 1.29 is 29.5 Å². The second kappa shape index (κ2) is 13.0. The molecular weight excluding hydrogens is 514 g/mol. The molecule has 2 fully saturated rings. The first-order valence-electron chi connectivity index (χ1n) is 13.6. The van der Waals surface area contributed by atoms with Crippen LogP contribution >= 0.6 is 0 Å². The number of aliphatic hydroxyl groups excluding tert-OH is 1. The first kappa shape index (κ1) is 29.2. The van der Waals surface area contributed by atoms with Crippen molar-refractivity contribution in [3.8, 4) is 11.1 Å². The lowest BCUT2D eigenvalue weighted by molar-refractivity contribution is -0.133. The molecule has 5 N–H and O–H groups in total. The molecule has 0 aromatic heterocycles. The van der Waals surface area contributed by atoms with Crippen LogP contribution in [-0.4, -0.2) is 87.6 Å². The number of carbonyl (C=O) groups excluding carboxylic acids is 4. The van der Waals surface area contributed by atoms with Gasteiger partial charge in [0.05, 0.1) is 12.6 Å². The lowest BCUT2D eigenvalue weighted by Crippen LogP contribution is -2.51. The van der Waals surface area contributed by atoms with Gasteiger partial charge in [0.1, 0.15) is 6.04 Å². The Labute approximate surface area is 233 Å². The summed E-state index contributed by atoms with van der Waals surface area (Å²) in [6.07, 6.45) is 2.79. The van der Waals surface area contributed by atoms with Crippen molar-refractivity contribution in [3.63, 3.8) is 0 Å². The van der Waals surface area contributed by atoms with Gasteiger partial charge in [-0.25, -0.2) is 5.48 Å². The fourth-order valence-electron chi connectivity index (χ4n) is 5.10. The Morgan fingerprint density at radius 3 is 1.98 bits per heavy atom. The van der Waals surface area contributed by atoms with Gasteiger partial charge >= 0.3 is 0 Å². The lowest BCUT2D eigenvalue weighted by Gasteiger charge is -2.38. The Kier molecular flexibility index (Phi) is 9.51. The first-order valence-corrected chi connectivity index (χ1v) is 13.6. The minimum Gasteiger partial charge on any atom is -0.391 e. The van der Waals surface area contributed by atoms with E-state index in [1.165, 1.54) is 12.4 Å². The molecule has 0 radical (unpaired) electrons. The van der Waals surface area contributed by atoms with E-state index in [0.717, 1.165) is 49.9 Å². The molecule has 2 atom stereocenters. The number of hydrogen-bond acceptors (Lipinski definition) is 7. The fraction of sp³-hybridized carbons (Fsp3) is 0.448. The standard InChI is InChI=1S/C29H37N5O6/c1-18(35)27(29(39)32-40)31-28(38)22-5-3-20(4-6-22)21-7-9-23(10-8-21)30-26(37)17-34(24-11-12-24)25-13-15-33(16-14-25)19(2)36/h3-10,18,24-25,27,35,40H,11-17H2,1-2H3,(H,30,37)(H,31,38)(H,32,39)/t18-,27+/m1/s1. The quantitative estimate of drug-likeness (QED) is 0.223. The lowest BCUT2D eigenvalue weighted by atomic mass is 10.0. The largest absolute Gasteiger partial charge is 0.391 e. The molecule has 1 aliphatic carbocycles. The van der Waals surface area contributed by atoms with Gasteiger partial charge in [0.15, 0.2) is 0 Å². The molecule has 1 aliphatic heterocycles. The number of anilines is 1. The number of rotatable bonds is 10. The third-order valence-electron chi connectivity index (χ3n) is 7.53. The number of piperidine rings is 1. The highest BCUT2D eigenvalue weighted by Gasteiger charge is 2.36. The molecular formula is C29H37N5O6. The highest BCUT2D eigenvalue weighted by molar-refractivity contribution is 5.98. The van der Waals surface area contributed by atoms with Crippen LogP contribution in [-0.2, 0) is 14.4 Å². The van der Waals surface area contributed by atoms with Crippen LogP contribution in [0, 0.1) is 0 Å². The predicted octanol–water partition coefficient (Wildman–Crippen LogP) is 1.75. The second-order valence-electron chi connectivity index (χ2n) is 10.5. The van der Waals surface area contributed by atoms with Gasteiger partial charge in [0, 0.05) is 43.3 Å². The Balaban J connectivity index is 1.32. The summed E-state index contributed by atoms with van der Waals surface area (Å²) < 4.78 is 0. The zero-order chi connectivity index (χ0) is 28.8. The monoisotopic (exact) mass is 551 g/mol. The van der Waals surface area contributed by atoms with Crippen molar-refractivity contribution in [1.29, 1.82) is 0 Å². The third kappa shape index (κ3) is 7.44. The van der Waals surface area contributed by atoms with Gasteiger partial charge in [-0.15, -0.1) is 0 Å². The maximum atomic E-state index is 12.9. The van der Waals surface area contributed by atoms with Crippen LogP contribution in [0.1, 0.15) is 49.9 Å². The van der Waals surface area contributed by atoms with Gasteiger partial charge in [0.25, 0.3) is 11.8 Å². The summed E-state index contributed by atoms with van der Waals surface area (Å²) in [5.41, 5.74) is 4.16. The number of likely N-dealkylation sites (tertiary alicyclic amines) is 1. The maximum Gasteiger partial charge on any atom is 0.268 e. The molecule has 11 nitrogen and oxygen atoms in total. The van der Waals surface area contributed by atoms with E-state index in [2.05, 4.69) is 15.5 Å². The molecule has 1 heterocycles. The van der Waals surface area contributed by atoms with Crippen molar-refractivity contribution in [2.75, 3.05) is 25.0 Å². The third-order valence-corrected chi connectivity index (χ3v) is 7.53. The van der Waals surface area contributed by atoms with E-state index in [4.69, 9.17) is 5.21 Å². The van der Waals surface area contributed by atoms with Crippen LogP contribution in [0.3, 0.4) is 0 Å². The topological polar surface area (TPSA) is 151 Å². The highest BCUT2D eigenvalue weighted by atomic mass is 16.5. The summed E-state index contributed by atoms with van der Waals surface area (Å²) >= 11 is 0. The van der Waals surface area contributed by atoms with E-state index in [1.54, 1.807) is 31.2 Å². The highest BCUT2D eigenvalue weighted by Crippen LogP contribution is 2.32. The normalized spacial score (nSPS) is 17.2. The summed E-state index contributed by atoms with van der Waals surface area (Å²) in [4.78, 5) is 52.9. The van der Waals surface area contributed by atoms with Crippen LogP contribution < -0.4 is 16.1 Å². The average molecular weight is 552 g/mol. The minimum absolute atomic E-state index is 0.0607. The summed E-state index contributed by atoms with van der Waals surface area (Å²) in [5, 5.41) is 23.9. The zero-order valence-electron chi connectivity index (χ0n) is 22.8. The van der Waals surface area contributed by atoms with E-state index in [-0.39, 0.29) is 17.4 Å². The number of amides is 4. The molecule has 2 aliphatic rings. The number of hydroxylamine groups is 1. The number of nitrogens with one attached hydrogen (secondary N) is 3. The van der Waals surface area contributed by atoms with Crippen LogP contribution in [0.5, 0.6) is 0 Å². The van der Waals surface area contributed by atoms with Gasteiger partial charge in [-0.2, -0.15) is 0 Å². The molecule has 0 bridgehead atoms. The Bertz CT molecular complexity index is 1200. The minimum atomic E-state index is -1.30. The predicted molar refractivity (Wildman–Crippen MR) is 148 cm³/mol. The number of benzene rings is 2. The van der Waals surface area contributed by atoms with Gasteiger partial charge in [-0.05, 0) is 68.0 Å². The van der Waals surface area contributed by atoms with Crippen LogP contribution in [0.2, 0.25) is 0 Å². The number of hydrogen-bond donors (Lipinski definition) is 5. The molecule has 0 unspecified atom stereocenters. The van der Waals surface area contributed by atoms with E-state index in [0.29, 0.717) is 24.3 Å². The number of carbonyl (C=O) groups is 4. The Morgan fingerprint density at radius 2 is 1.48 bits per heavy atom. The van der Waals surface area contributed by atoms with E-state index in [1.807, 2.05) is 29.2 Å². The molecule has 0 spiro atoms. The average Bonchev–Trinajstić information content (AvgIpc) is 3.80. The number of nitrogens with zero attached hydrogens (tertiary/aromatic N) is 2. The molecule has 11 heteroatoms. The molecule has 214 valence electrons. The maximum absolute atomic E-state index is 12.9.